The van der Waals surface area contributed by atoms with Crippen LogP contribution in [0.25, 0.3) is 10.4 Å². The SMILES string of the molecule is Cn1ccnc1[C@@H]1OCC[C@H]1C(=O)Nc1ncc(-c2ccc(Cl)cc2)s1. The van der Waals surface area contributed by atoms with Crippen molar-refractivity contribution >= 4 is 34.0 Å². The van der Waals surface area contributed by atoms with Gasteiger partial charge in [-0.15, -0.1) is 0 Å². The average Bonchev–Trinajstić information content (AvgIpc) is 3.35. The molecule has 26 heavy (non-hydrogen) atoms. The van der Waals surface area contributed by atoms with E-state index < -0.39 is 0 Å². The molecule has 4 rings (SSSR count). The maximum atomic E-state index is 12.7. The van der Waals surface area contributed by atoms with E-state index >= 15 is 0 Å². The van der Waals surface area contributed by atoms with Crippen LogP contribution in [0.1, 0.15) is 18.3 Å². The van der Waals surface area contributed by atoms with Gasteiger partial charge in [-0.1, -0.05) is 35.1 Å². The van der Waals surface area contributed by atoms with E-state index in [1.165, 1.54) is 11.3 Å². The third kappa shape index (κ3) is 3.38. The van der Waals surface area contributed by atoms with Crippen molar-refractivity contribution in [3.8, 4) is 10.4 Å². The molecule has 0 saturated carbocycles. The standard InChI is InChI=1S/C18H17ClN4O2S/c1-23-8-7-20-16(23)15-13(6-9-25-15)17(24)22-18-21-10-14(26-18)11-2-4-12(19)5-3-11/h2-5,7-8,10,13,15H,6,9H2,1H3,(H,21,22,24)/t13-,15-/m1/s1. The number of carbonyl (C=O) groups is 1. The van der Waals surface area contributed by atoms with Crippen molar-refractivity contribution in [1.82, 2.24) is 14.5 Å². The Bertz CT molecular complexity index is 921. The summed E-state index contributed by atoms with van der Waals surface area (Å²) in [7, 11) is 1.90. The summed E-state index contributed by atoms with van der Waals surface area (Å²) in [5, 5.41) is 4.18. The fourth-order valence-corrected chi connectivity index (χ4v) is 3.99. The van der Waals surface area contributed by atoms with E-state index in [0.717, 1.165) is 16.3 Å². The molecule has 1 saturated heterocycles. The Kier molecular flexibility index (Phi) is 4.76. The molecule has 2 aromatic heterocycles. The molecule has 3 aromatic rings. The topological polar surface area (TPSA) is 69.0 Å². The van der Waals surface area contributed by atoms with Crippen LogP contribution in [0.2, 0.25) is 5.02 Å². The summed E-state index contributed by atoms with van der Waals surface area (Å²) in [6, 6.07) is 7.54. The molecular formula is C18H17ClN4O2S. The first kappa shape index (κ1) is 17.2. The summed E-state index contributed by atoms with van der Waals surface area (Å²) in [6.45, 7) is 0.545. The lowest BCUT2D eigenvalue weighted by molar-refractivity contribution is -0.121. The Hall–Kier alpha value is -2.22. The van der Waals surface area contributed by atoms with Crippen LogP contribution in [0.3, 0.4) is 0 Å². The van der Waals surface area contributed by atoms with Crippen LogP contribution < -0.4 is 5.32 Å². The van der Waals surface area contributed by atoms with Crippen LogP contribution in [0.15, 0.2) is 42.9 Å². The monoisotopic (exact) mass is 388 g/mol. The predicted molar refractivity (Wildman–Crippen MR) is 101 cm³/mol. The molecule has 1 fully saturated rings. The van der Waals surface area contributed by atoms with E-state index in [9.17, 15) is 4.79 Å². The Labute approximate surface area is 159 Å². The van der Waals surface area contributed by atoms with E-state index in [1.54, 1.807) is 12.4 Å². The van der Waals surface area contributed by atoms with E-state index in [0.29, 0.717) is 23.2 Å². The smallest absolute Gasteiger partial charge is 0.232 e. The fraction of sp³-hybridized carbons (Fsp3) is 0.278. The third-order valence-electron chi connectivity index (χ3n) is 4.41. The molecule has 2 atom stereocenters. The maximum Gasteiger partial charge on any atom is 0.232 e. The summed E-state index contributed by atoms with van der Waals surface area (Å²) in [5.41, 5.74) is 1.02. The Morgan fingerprint density at radius 2 is 2.15 bits per heavy atom. The number of carbonyl (C=O) groups excluding carboxylic acids is 1. The number of hydrogen-bond donors (Lipinski definition) is 1. The number of aromatic nitrogens is 3. The quantitative estimate of drug-likeness (QED) is 0.735. The first-order chi connectivity index (χ1) is 12.6. The molecule has 0 radical (unpaired) electrons. The summed E-state index contributed by atoms with van der Waals surface area (Å²) in [4.78, 5) is 22.4. The number of anilines is 1. The number of nitrogens with zero attached hydrogens (tertiary/aromatic N) is 3. The number of halogens is 1. The van der Waals surface area contributed by atoms with Crippen molar-refractivity contribution in [3.63, 3.8) is 0 Å². The lowest BCUT2D eigenvalue weighted by Crippen LogP contribution is -2.26. The van der Waals surface area contributed by atoms with Crippen LogP contribution in [0, 0.1) is 5.92 Å². The largest absolute Gasteiger partial charge is 0.369 e. The van der Waals surface area contributed by atoms with Crippen LogP contribution in [0.5, 0.6) is 0 Å². The molecule has 1 aromatic carbocycles. The highest BCUT2D eigenvalue weighted by Crippen LogP contribution is 2.35. The number of benzene rings is 1. The predicted octanol–water partition coefficient (Wildman–Crippen LogP) is 3.91. The molecule has 0 bridgehead atoms. The lowest BCUT2D eigenvalue weighted by Gasteiger charge is -2.17. The number of thiazole rings is 1. The second kappa shape index (κ2) is 7.19. The van der Waals surface area contributed by atoms with Crippen LogP contribution in [0.4, 0.5) is 5.13 Å². The van der Waals surface area contributed by atoms with Gasteiger partial charge in [-0.05, 0) is 24.1 Å². The second-order valence-electron chi connectivity index (χ2n) is 6.11. The number of rotatable bonds is 4. The zero-order valence-corrected chi connectivity index (χ0v) is 15.6. The van der Waals surface area contributed by atoms with Crippen LogP contribution >= 0.6 is 22.9 Å². The van der Waals surface area contributed by atoms with E-state index in [-0.39, 0.29) is 17.9 Å². The first-order valence-corrected chi connectivity index (χ1v) is 9.43. The molecule has 3 heterocycles. The van der Waals surface area contributed by atoms with Gasteiger partial charge in [0.1, 0.15) is 11.9 Å². The molecule has 8 heteroatoms. The van der Waals surface area contributed by atoms with Gasteiger partial charge in [0.25, 0.3) is 0 Å². The van der Waals surface area contributed by atoms with E-state index in [4.69, 9.17) is 16.3 Å². The number of nitrogens with one attached hydrogen (secondary N) is 1. The highest BCUT2D eigenvalue weighted by atomic mass is 35.5. The number of imidazole rings is 1. The molecule has 1 aliphatic rings. The molecule has 1 N–H and O–H groups in total. The number of ether oxygens (including phenoxy) is 1. The molecule has 0 spiro atoms. The van der Waals surface area contributed by atoms with Gasteiger partial charge in [0.2, 0.25) is 5.91 Å². The molecule has 6 nitrogen and oxygen atoms in total. The van der Waals surface area contributed by atoms with Gasteiger partial charge >= 0.3 is 0 Å². The molecular weight excluding hydrogens is 372 g/mol. The van der Waals surface area contributed by atoms with E-state index in [1.807, 2.05) is 42.1 Å². The zero-order valence-electron chi connectivity index (χ0n) is 14.1. The van der Waals surface area contributed by atoms with Crippen molar-refractivity contribution < 1.29 is 9.53 Å². The summed E-state index contributed by atoms with van der Waals surface area (Å²) in [6.07, 6.45) is 5.66. The average molecular weight is 389 g/mol. The highest BCUT2D eigenvalue weighted by Gasteiger charge is 2.37. The minimum Gasteiger partial charge on any atom is -0.369 e. The first-order valence-electron chi connectivity index (χ1n) is 8.23. The number of hydrogen-bond acceptors (Lipinski definition) is 5. The second-order valence-corrected chi connectivity index (χ2v) is 7.58. The normalized spacial score (nSPS) is 19.6. The Morgan fingerprint density at radius 3 is 2.88 bits per heavy atom. The molecule has 1 aliphatic heterocycles. The van der Waals surface area contributed by atoms with Gasteiger partial charge in [0.15, 0.2) is 5.13 Å². The summed E-state index contributed by atoms with van der Waals surface area (Å²) in [5.74, 6) is 0.398. The molecule has 0 unspecified atom stereocenters. The highest BCUT2D eigenvalue weighted by molar-refractivity contribution is 7.19. The van der Waals surface area contributed by atoms with E-state index in [2.05, 4.69) is 15.3 Å². The minimum atomic E-state index is -0.328. The van der Waals surface area contributed by atoms with Crippen LogP contribution in [-0.2, 0) is 16.6 Å². The van der Waals surface area contributed by atoms with Gasteiger partial charge in [-0.25, -0.2) is 9.97 Å². The van der Waals surface area contributed by atoms with Crippen molar-refractivity contribution in [2.75, 3.05) is 11.9 Å². The van der Waals surface area contributed by atoms with Gasteiger partial charge in [0, 0.05) is 37.3 Å². The Morgan fingerprint density at radius 1 is 1.35 bits per heavy atom. The van der Waals surface area contributed by atoms with Gasteiger partial charge in [-0.3, -0.25) is 4.79 Å². The van der Waals surface area contributed by atoms with Crippen molar-refractivity contribution in [2.45, 2.75) is 12.5 Å². The van der Waals surface area contributed by atoms with Gasteiger partial charge < -0.3 is 14.6 Å². The third-order valence-corrected chi connectivity index (χ3v) is 5.62. The summed E-state index contributed by atoms with van der Waals surface area (Å²) < 4.78 is 7.65. The molecule has 0 aliphatic carbocycles. The van der Waals surface area contributed by atoms with Crippen molar-refractivity contribution in [2.24, 2.45) is 13.0 Å². The van der Waals surface area contributed by atoms with Crippen LogP contribution in [-0.4, -0.2) is 27.0 Å². The maximum absolute atomic E-state index is 12.7. The summed E-state index contributed by atoms with van der Waals surface area (Å²) >= 11 is 7.36. The molecule has 134 valence electrons. The zero-order chi connectivity index (χ0) is 18.1. The van der Waals surface area contributed by atoms with Crippen molar-refractivity contribution in [1.29, 1.82) is 0 Å². The minimum absolute atomic E-state index is 0.0903. The Balaban J connectivity index is 1.48. The lowest BCUT2D eigenvalue weighted by atomic mass is 10.00. The number of amides is 1. The number of aryl methyl sites for hydroxylation is 1. The van der Waals surface area contributed by atoms with Crippen molar-refractivity contribution in [3.05, 3.63) is 53.7 Å². The fourth-order valence-electron chi connectivity index (χ4n) is 3.04. The van der Waals surface area contributed by atoms with Gasteiger partial charge in [0.05, 0.1) is 10.8 Å². The molecule has 1 amide bonds. The van der Waals surface area contributed by atoms with Gasteiger partial charge in [-0.2, -0.15) is 0 Å².